The lowest BCUT2D eigenvalue weighted by molar-refractivity contribution is -0.121. The number of amides is 1. The van der Waals surface area contributed by atoms with Crippen LogP contribution in [-0.4, -0.2) is 13.0 Å². The molecule has 1 N–H and O–H groups in total. The van der Waals surface area contributed by atoms with Gasteiger partial charge in [0.05, 0.1) is 12.5 Å². The number of carbonyl (C=O) groups excluding carboxylic acids is 1. The van der Waals surface area contributed by atoms with E-state index < -0.39 is 5.41 Å². The van der Waals surface area contributed by atoms with E-state index in [4.69, 9.17) is 16.3 Å². The molecule has 0 saturated heterocycles. The van der Waals surface area contributed by atoms with Gasteiger partial charge in [-0.2, -0.15) is 0 Å². The predicted molar refractivity (Wildman–Crippen MR) is 126 cm³/mol. The van der Waals surface area contributed by atoms with Crippen molar-refractivity contribution in [1.82, 2.24) is 0 Å². The van der Waals surface area contributed by atoms with Gasteiger partial charge in [-0.25, -0.2) is 0 Å². The molecule has 1 amide bonds. The fourth-order valence-corrected chi connectivity index (χ4v) is 4.81. The summed E-state index contributed by atoms with van der Waals surface area (Å²) in [6.07, 6.45) is 1.31. The number of halogens is 1. The zero-order chi connectivity index (χ0) is 21.4. The summed E-state index contributed by atoms with van der Waals surface area (Å²) in [4.78, 5) is 13.9. The quantitative estimate of drug-likeness (QED) is 0.422. The molecule has 31 heavy (non-hydrogen) atoms. The molecule has 154 valence electrons. The van der Waals surface area contributed by atoms with Gasteiger partial charge in [0.1, 0.15) is 5.75 Å². The fourth-order valence-electron chi connectivity index (χ4n) is 4.68. The number of rotatable bonds is 4. The molecule has 3 nitrogen and oxygen atoms in total. The summed E-state index contributed by atoms with van der Waals surface area (Å²) in [6, 6.07) is 27.7. The maximum atomic E-state index is 13.9. The lowest BCUT2D eigenvalue weighted by Crippen LogP contribution is -2.41. The number of methoxy groups -OCH3 is 1. The van der Waals surface area contributed by atoms with Gasteiger partial charge in [-0.15, -0.1) is 0 Å². The number of hydrogen-bond donors (Lipinski definition) is 1. The van der Waals surface area contributed by atoms with Crippen LogP contribution >= 0.6 is 11.6 Å². The third-order valence-corrected chi connectivity index (χ3v) is 6.54. The molecule has 4 aromatic rings. The lowest BCUT2D eigenvalue weighted by Gasteiger charge is -2.29. The molecule has 0 spiro atoms. The summed E-state index contributed by atoms with van der Waals surface area (Å²) in [5.41, 5.74) is 3.50. The van der Waals surface area contributed by atoms with Crippen LogP contribution in [0.3, 0.4) is 0 Å². The molecule has 0 aromatic heterocycles. The molecular weight excluding hydrogens is 406 g/mol. The molecule has 0 atom stereocenters. The summed E-state index contributed by atoms with van der Waals surface area (Å²) in [6.45, 7) is 0. The number of benzene rings is 4. The SMILES string of the molecule is COc1ccc(NC(=O)C2(c3ccc(Cl)cc3)Cc3ccccc3C2)c2ccccc12. The third kappa shape index (κ3) is 3.35. The second-order valence-electron chi connectivity index (χ2n) is 8.03. The molecule has 5 rings (SSSR count). The Hall–Kier alpha value is -3.30. The van der Waals surface area contributed by atoms with Crippen molar-refractivity contribution in [3.8, 4) is 5.75 Å². The van der Waals surface area contributed by atoms with E-state index in [-0.39, 0.29) is 5.91 Å². The molecule has 0 saturated carbocycles. The number of hydrogen-bond acceptors (Lipinski definition) is 2. The van der Waals surface area contributed by atoms with Crippen molar-refractivity contribution in [2.24, 2.45) is 0 Å². The first-order valence-electron chi connectivity index (χ1n) is 10.3. The Morgan fingerprint density at radius 1 is 0.839 bits per heavy atom. The Labute approximate surface area is 186 Å². The summed E-state index contributed by atoms with van der Waals surface area (Å²) in [5, 5.41) is 5.83. The maximum Gasteiger partial charge on any atom is 0.235 e. The normalized spacial score (nSPS) is 14.3. The molecule has 4 aromatic carbocycles. The van der Waals surface area contributed by atoms with E-state index in [1.165, 1.54) is 11.1 Å². The Balaban J connectivity index is 1.58. The van der Waals surface area contributed by atoms with Crippen LogP contribution in [0, 0.1) is 0 Å². The number of nitrogens with one attached hydrogen (secondary N) is 1. The minimum Gasteiger partial charge on any atom is -0.496 e. The minimum atomic E-state index is -0.685. The van der Waals surface area contributed by atoms with Crippen LogP contribution in [0.5, 0.6) is 5.75 Å². The molecule has 0 heterocycles. The van der Waals surface area contributed by atoms with Gasteiger partial charge < -0.3 is 10.1 Å². The van der Waals surface area contributed by atoms with Gasteiger partial charge in [-0.1, -0.05) is 72.3 Å². The highest BCUT2D eigenvalue weighted by atomic mass is 35.5. The van der Waals surface area contributed by atoms with E-state index >= 15 is 0 Å². The zero-order valence-electron chi connectivity index (χ0n) is 17.2. The number of anilines is 1. The van der Waals surface area contributed by atoms with E-state index in [9.17, 15) is 4.79 Å². The molecule has 0 unspecified atom stereocenters. The number of ether oxygens (including phenoxy) is 1. The average Bonchev–Trinajstić information content (AvgIpc) is 3.21. The highest BCUT2D eigenvalue weighted by molar-refractivity contribution is 6.30. The Morgan fingerprint density at radius 3 is 2.10 bits per heavy atom. The van der Waals surface area contributed by atoms with Crippen molar-refractivity contribution in [2.45, 2.75) is 18.3 Å². The molecule has 1 aliphatic rings. The number of carbonyl (C=O) groups is 1. The van der Waals surface area contributed by atoms with Gasteiger partial charge in [-0.3, -0.25) is 4.79 Å². The highest BCUT2D eigenvalue weighted by Gasteiger charge is 2.45. The van der Waals surface area contributed by atoms with Crippen molar-refractivity contribution >= 4 is 34.0 Å². The van der Waals surface area contributed by atoms with E-state index in [0.717, 1.165) is 27.8 Å². The van der Waals surface area contributed by atoms with Gasteiger partial charge in [0.25, 0.3) is 0 Å². The first-order valence-corrected chi connectivity index (χ1v) is 10.7. The Morgan fingerprint density at radius 2 is 1.45 bits per heavy atom. The molecular formula is C27H22ClNO2. The van der Waals surface area contributed by atoms with E-state index in [0.29, 0.717) is 17.9 Å². The molecule has 1 aliphatic carbocycles. The number of fused-ring (bicyclic) bond motifs is 2. The van der Waals surface area contributed by atoms with Crippen LogP contribution in [0.1, 0.15) is 16.7 Å². The monoisotopic (exact) mass is 427 g/mol. The molecule has 0 bridgehead atoms. The lowest BCUT2D eigenvalue weighted by atomic mass is 9.76. The smallest absolute Gasteiger partial charge is 0.235 e. The van der Waals surface area contributed by atoms with Crippen molar-refractivity contribution in [3.05, 3.63) is 107 Å². The van der Waals surface area contributed by atoms with Crippen LogP contribution in [0.4, 0.5) is 5.69 Å². The van der Waals surface area contributed by atoms with Gasteiger partial charge in [0.2, 0.25) is 5.91 Å². The van der Waals surface area contributed by atoms with Gasteiger partial charge in [-0.05, 0) is 53.8 Å². The maximum absolute atomic E-state index is 13.9. The van der Waals surface area contributed by atoms with Crippen molar-refractivity contribution < 1.29 is 9.53 Å². The molecule has 0 fully saturated rings. The summed E-state index contributed by atoms with van der Waals surface area (Å²) < 4.78 is 5.50. The van der Waals surface area contributed by atoms with Crippen molar-refractivity contribution in [3.63, 3.8) is 0 Å². The first-order chi connectivity index (χ1) is 15.1. The minimum absolute atomic E-state index is 0.0126. The van der Waals surface area contributed by atoms with Gasteiger partial charge in [0, 0.05) is 21.5 Å². The van der Waals surface area contributed by atoms with E-state index in [2.05, 4.69) is 17.4 Å². The third-order valence-electron chi connectivity index (χ3n) is 6.29. The van der Waals surface area contributed by atoms with Crippen LogP contribution in [0.15, 0.2) is 84.9 Å². The van der Waals surface area contributed by atoms with Crippen molar-refractivity contribution in [2.75, 3.05) is 12.4 Å². The predicted octanol–water partition coefficient (Wildman–Crippen LogP) is 6.18. The molecule has 4 heteroatoms. The second kappa shape index (κ2) is 7.75. The molecule has 0 aliphatic heterocycles. The van der Waals surface area contributed by atoms with Crippen LogP contribution in [-0.2, 0) is 23.1 Å². The van der Waals surface area contributed by atoms with Crippen LogP contribution < -0.4 is 10.1 Å². The van der Waals surface area contributed by atoms with E-state index in [1.54, 1.807) is 7.11 Å². The zero-order valence-corrected chi connectivity index (χ0v) is 17.9. The van der Waals surface area contributed by atoms with E-state index in [1.807, 2.05) is 72.8 Å². The van der Waals surface area contributed by atoms with Gasteiger partial charge in [0.15, 0.2) is 0 Å². The Kier molecular flexibility index (Phi) is 4.91. The second-order valence-corrected chi connectivity index (χ2v) is 8.46. The van der Waals surface area contributed by atoms with Crippen molar-refractivity contribution in [1.29, 1.82) is 0 Å². The fraction of sp³-hybridized carbons (Fsp3) is 0.148. The standard InChI is InChI=1S/C27H22ClNO2/c1-31-25-15-14-24(22-8-4-5-9-23(22)25)29-26(30)27(20-10-12-21(28)13-11-20)16-18-6-2-3-7-19(18)17-27/h2-15H,16-17H2,1H3,(H,29,30). The van der Waals surface area contributed by atoms with Crippen LogP contribution in [0.25, 0.3) is 10.8 Å². The van der Waals surface area contributed by atoms with Crippen LogP contribution in [0.2, 0.25) is 5.02 Å². The first kappa shape index (κ1) is 19.7. The topological polar surface area (TPSA) is 38.3 Å². The summed E-state index contributed by atoms with van der Waals surface area (Å²) >= 11 is 6.14. The largest absolute Gasteiger partial charge is 0.496 e. The average molecular weight is 428 g/mol. The molecule has 0 radical (unpaired) electrons. The summed E-state index contributed by atoms with van der Waals surface area (Å²) in [7, 11) is 1.66. The Bertz CT molecular complexity index is 1260. The summed E-state index contributed by atoms with van der Waals surface area (Å²) in [5.74, 6) is 0.774. The highest BCUT2D eigenvalue weighted by Crippen LogP contribution is 2.42. The van der Waals surface area contributed by atoms with Gasteiger partial charge >= 0.3 is 0 Å².